The molecule has 0 radical (unpaired) electrons. The number of rotatable bonds is 6. The van der Waals surface area contributed by atoms with Gasteiger partial charge in [0.15, 0.2) is 0 Å². The lowest BCUT2D eigenvalue weighted by Gasteiger charge is -2.15. The van der Waals surface area contributed by atoms with E-state index in [0.717, 1.165) is 28.1 Å². The molecule has 0 aliphatic heterocycles. The summed E-state index contributed by atoms with van der Waals surface area (Å²) in [6.45, 7) is 6.36. The molecule has 1 heterocycles. The van der Waals surface area contributed by atoms with Crippen molar-refractivity contribution in [3.05, 3.63) is 83.0 Å². The number of nitrogens with zero attached hydrogens (tertiary/aromatic N) is 1. The molecule has 0 aliphatic carbocycles. The van der Waals surface area contributed by atoms with Crippen LogP contribution in [-0.4, -0.2) is 16.1 Å². The van der Waals surface area contributed by atoms with Crippen LogP contribution in [0.1, 0.15) is 46.9 Å². The summed E-state index contributed by atoms with van der Waals surface area (Å²) in [6.07, 6.45) is 0. The van der Waals surface area contributed by atoms with Gasteiger partial charge in [-0.25, -0.2) is 4.79 Å². The number of benzene rings is 2. The molecule has 0 atom stereocenters. The van der Waals surface area contributed by atoms with E-state index in [1.165, 1.54) is 0 Å². The van der Waals surface area contributed by atoms with Crippen molar-refractivity contribution in [2.75, 3.05) is 0 Å². The molecule has 0 unspecified atom stereocenters. The number of hydrogen-bond acceptors (Lipinski definition) is 3. The number of carboxylic acid groups (broad SMARTS) is 1. The molecule has 3 rings (SSSR count). The summed E-state index contributed by atoms with van der Waals surface area (Å²) >= 11 is 0. The molecule has 0 bridgehead atoms. The van der Waals surface area contributed by atoms with Crippen molar-refractivity contribution in [1.29, 1.82) is 0 Å². The van der Waals surface area contributed by atoms with Crippen LogP contribution in [0.5, 0.6) is 5.75 Å². The number of aryl methyl sites for hydroxylation is 1. The SMILES string of the molecule is Cc1ccc(OCc2ccccc2)c(-c2ccc(C(=O)O)c(C(C)C)n2)c1. The van der Waals surface area contributed by atoms with E-state index >= 15 is 0 Å². The third-order valence-corrected chi connectivity index (χ3v) is 4.35. The maximum Gasteiger partial charge on any atom is 0.337 e. The fourth-order valence-corrected chi connectivity index (χ4v) is 2.95. The Hall–Kier alpha value is -3.14. The molecule has 0 amide bonds. The lowest BCUT2D eigenvalue weighted by atomic mass is 10.0. The fraction of sp³-hybridized carbons (Fsp3) is 0.217. The molecule has 0 saturated carbocycles. The number of pyridine rings is 1. The summed E-state index contributed by atoms with van der Waals surface area (Å²) in [4.78, 5) is 16.1. The molecule has 1 N–H and O–H groups in total. The van der Waals surface area contributed by atoms with Gasteiger partial charge in [0.2, 0.25) is 0 Å². The second kappa shape index (κ2) is 8.04. The van der Waals surface area contributed by atoms with Gasteiger partial charge in [-0.2, -0.15) is 0 Å². The Labute approximate surface area is 159 Å². The summed E-state index contributed by atoms with van der Waals surface area (Å²) in [7, 11) is 0. The Morgan fingerprint density at radius 3 is 2.48 bits per heavy atom. The minimum atomic E-state index is -0.956. The number of aromatic carboxylic acids is 1. The summed E-state index contributed by atoms with van der Waals surface area (Å²) < 4.78 is 6.05. The summed E-state index contributed by atoms with van der Waals surface area (Å²) in [6, 6.07) is 19.3. The predicted octanol–water partition coefficient (Wildman–Crippen LogP) is 5.46. The molecule has 2 aromatic carbocycles. The van der Waals surface area contributed by atoms with E-state index < -0.39 is 5.97 Å². The lowest BCUT2D eigenvalue weighted by Crippen LogP contribution is -2.07. The molecule has 138 valence electrons. The van der Waals surface area contributed by atoms with Crippen molar-refractivity contribution < 1.29 is 14.6 Å². The summed E-state index contributed by atoms with van der Waals surface area (Å²) in [5.74, 6) is -0.216. The Balaban J connectivity index is 1.99. The number of ether oxygens (including phenoxy) is 1. The van der Waals surface area contributed by atoms with E-state index in [1.54, 1.807) is 12.1 Å². The van der Waals surface area contributed by atoms with Gasteiger partial charge in [-0.05, 0) is 42.7 Å². The van der Waals surface area contributed by atoms with Gasteiger partial charge in [-0.1, -0.05) is 55.8 Å². The number of carboxylic acids is 1. The highest BCUT2D eigenvalue weighted by Gasteiger charge is 2.17. The molecule has 0 spiro atoms. The normalized spacial score (nSPS) is 10.8. The Morgan fingerprint density at radius 2 is 1.81 bits per heavy atom. The smallest absolute Gasteiger partial charge is 0.337 e. The van der Waals surface area contributed by atoms with Crippen LogP contribution in [0.3, 0.4) is 0 Å². The van der Waals surface area contributed by atoms with Crippen LogP contribution in [0.25, 0.3) is 11.3 Å². The highest BCUT2D eigenvalue weighted by Crippen LogP contribution is 2.32. The van der Waals surface area contributed by atoms with Crippen LogP contribution in [0.4, 0.5) is 0 Å². The van der Waals surface area contributed by atoms with Gasteiger partial charge in [0.05, 0.1) is 17.0 Å². The monoisotopic (exact) mass is 361 g/mol. The van der Waals surface area contributed by atoms with Gasteiger partial charge < -0.3 is 9.84 Å². The molecule has 3 aromatic rings. The van der Waals surface area contributed by atoms with Crippen LogP contribution in [0.15, 0.2) is 60.7 Å². The molecule has 4 nitrogen and oxygen atoms in total. The highest BCUT2D eigenvalue weighted by molar-refractivity contribution is 5.89. The molecular formula is C23H23NO3. The molecule has 0 aliphatic rings. The molecule has 27 heavy (non-hydrogen) atoms. The van der Waals surface area contributed by atoms with E-state index in [2.05, 4.69) is 4.98 Å². The second-order valence-electron chi connectivity index (χ2n) is 6.86. The minimum absolute atomic E-state index is 0.00884. The fourth-order valence-electron chi connectivity index (χ4n) is 2.95. The Kier molecular flexibility index (Phi) is 5.55. The summed E-state index contributed by atoms with van der Waals surface area (Å²) in [5, 5.41) is 9.42. The molecule has 0 fully saturated rings. The topological polar surface area (TPSA) is 59.4 Å². The van der Waals surface area contributed by atoms with Crippen molar-refractivity contribution in [3.8, 4) is 17.0 Å². The van der Waals surface area contributed by atoms with Crippen molar-refractivity contribution in [2.24, 2.45) is 0 Å². The van der Waals surface area contributed by atoms with Crippen LogP contribution in [-0.2, 0) is 6.61 Å². The quantitative estimate of drug-likeness (QED) is 0.633. The first-order valence-electron chi connectivity index (χ1n) is 8.97. The van der Waals surface area contributed by atoms with Crippen molar-refractivity contribution in [3.63, 3.8) is 0 Å². The van der Waals surface area contributed by atoms with Crippen LogP contribution >= 0.6 is 0 Å². The van der Waals surface area contributed by atoms with Gasteiger partial charge >= 0.3 is 5.97 Å². The van der Waals surface area contributed by atoms with Crippen LogP contribution in [0, 0.1) is 6.92 Å². The Morgan fingerprint density at radius 1 is 1.07 bits per heavy atom. The van der Waals surface area contributed by atoms with Crippen molar-refractivity contribution >= 4 is 5.97 Å². The standard InChI is InChI=1S/C23H23NO3/c1-15(2)22-18(23(25)26)10-11-20(24-22)19-13-16(3)9-12-21(19)27-14-17-7-5-4-6-8-17/h4-13,15H,14H2,1-3H3,(H,25,26). The molecular weight excluding hydrogens is 338 g/mol. The van der Waals surface area contributed by atoms with Gasteiger partial charge in [-0.3, -0.25) is 4.98 Å². The maximum absolute atomic E-state index is 11.5. The highest BCUT2D eigenvalue weighted by atomic mass is 16.5. The van der Waals surface area contributed by atoms with Crippen molar-refractivity contribution in [2.45, 2.75) is 33.3 Å². The maximum atomic E-state index is 11.5. The van der Waals surface area contributed by atoms with E-state index in [9.17, 15) is 9.90 Å². The van der Waals surface area contributed by atoms with Crippen LogP contribution in [0.2, 0.25) is 0 Å². The van der Waals surface area contributed by atoms with Gasteiger partial charge in [0, 0.05) is 5.56 Å². The zero-order valence-corrected chi connectivity index (χ0v) is 15.8. The van der Waals surface area contributed by atoms with E-state index in [0.29, 0.717) is 12.3 Å². The molecule has 0 saturated heterocycles. The average Bonchev–Trinajstić information content (AvgIpc) is 2.67. The van der Waals surface area contributed by atoms with Crippen LogP contribution < -0.4 is 4.74 Å². The first kappa shape index (κ1) is 18.6. The third-order valence-electron chi connectivity index (χ3n) is 4.35. The number of carbonyl (C=O) groups is 1. The minimum Gasteiger partial charge on any atom is -0.488 e. The lowest BCUT2D eigenvalue weighted by molar-refractivity contribution is 0.0694. The molecule has 4 heteroatoms. The summed E-state index contributed by atoms with van der Waals surface area (Å²) in [5.41, 5.74) is 4.58. The zero-order valence-electron chi connectivity index (χ0n) is 15.8. The Bertz CT molecular complexity index is 949. The third kappa shape index (κ3) is 4.34. The zero-order chi connectivity index (χ0) is 19.4. The number of hydrogen-bond donors (Lipinski definition) is 1. The average molecular weight is 361 g/mol. The van der Waals surface area contributed by atoms with E-state index in [4.69, 9.17) is 4.74 Å². The van der Waals surface area contributed by atoms with E-state index in [-0.39, 0.29) is 11.5 Å². The van der Waals surface area contributed by atoms with Gasteiger partial charge in [0.25, 0.3) is 0 Å². The van der Waals surface area contributed by atoms with E-state index in [1.807, 2.05) is 69.3 Å². The van der Waals surface area contributed by atoms with Crippen molar-refractivity contribution in [1.82, 2.24) is 4.98 Å². The first-order chi connectivity index (χ1) is 13.0. The largest absolute Gasteiger partial charge is 0.488 e. The second-order valence-corrected chi connectivity index (χ2v) is 6.86. The number of aromatic nitrogens is 1. The van der Waals surface area contributed by atoms with Gasteiger partial charge in [-0.15, -0.1) is 0 Å². The van der Waals surface area contributed by atoms with Gasteiger partial charge in [0.1, 0.15) is 12.4 Å². The molecule has 1 aromatic heterocycles. The first-order valence-corrected chi connectivity index (χ1v) is 8.97. The predicted molar refractivity (Wildman–Crippen MR) is 106 cm³/mol.